The summed E-state index contributed by atoms with van der Waals surface area (Å²) in [6, 6.07) is 17.6. The molecule has 8 heteroatoms. The predicted octanol–water partition coefficient (Wildman–Crippen LogP) is 5.49. The molecule has 0 spiro atoms. The number of pyridine rings is 2. The summed E-state index contributed by atoms with van der Waals surface area (Å²) in [7, 11) is 0. The van der Waals surface area contributed by atoms with Crippen LogP contribution in [-0.2, 0) is 0 Å². The Bertz CT molecular complexity index is 1610. The van der Waals surface area contributed by atoms with E-state index in [9.17, 15) is 4.79 Å². The van der Waals surface area contributed by atoms with Gasteiger partial charge in [0.15, 0.2) is 17.3 Å². The third-order valence-electron chi connectivity index (χ3n) is 5.32. The first-order valence-corrected chi connectivity index (χ1v) is 10.8. The normalized spacial score (nSPS) is 11.4. The van der Waals surface area contributed by atoms with E-state index in [1.165, 1.54) is 11.3 Å². The number of nitrogens with one attached hydrogen (secondary N) is 2. The molecule has 0 radical (unpaired) electrons. The van der Waals surface area contributed by atoms with Crippen molar-refractivity contribution in [1.82, 2.24) is 30.1 Å². The molecule has 0 saturated heterocycles. The summed E-state index contributed by atoms with van der Waals surface area (Å²) >= 11 is 1.47. The lowest BCUT2D eigenvalue weighted by Crippen LogP contribution is -1.87. The number of nitrogens with zero attached hydrogens (tertiary/aromatic N) is 4. The van der Waals surface area contributed by atoms with Gasteiger partial charge in [-0.15, -0.1) is 11.3 Å². The van der Waals surface area contributed by atoms with Crippen LogP contribution in [0.15, 0.2) is 67.0 Å². The lowest BCUT2D eigenvalue weighted by molar-refractivity contribution is 0.102. The minimum Gasteiger partial charge on any atom is -0.336 e. The van der Waals surface area contributed by atoms with E-state index in [4.69, 9.17) is 9.97 Å². The Hall–Kier alpha value is -4.17. The molecule has 6 aromatic rings. The average Bonchev–Trinajstić information content (AvgIpc) is 3.56. The van der Waals surface area contributed by atoms with Crippen molar-refractivity contribution in [1.29, 1.82) is 0 Å². The predicted molar refractivity (Wildman–Crippen MR) is 126 cm³/mol. The number of H-pyrrole nitrogens is 2. The molecule has 0 saturated carbocycles. The zero-order valence-corrected chi connectivity index (χ0v) is 17.8. The van der Waals surface area contributed by atoms with E-state index in [0.29, 0.717) is 11.5 Å². The zero-order chi connectivity index (χ0) is 21.7. The van der Waals surface area contributed by atoms with Crippen molar-refractivity contribution in [3.63, 3.8) is 0 Å². The van der Waals surface area contributed by atoms with Crippen LogP contribution in [0.5, 0.6) is 0 Å². The molecule has 5 aromatic heterocycles. The minimum absolute atomic E-state index is 0.0645. The highest BCUT2D eigenvalue weighted by Crippen LogP contribution is 2.35. The van der Waals surface area contributed by atoms with Gasteiger partial charge in [-0.3, -0.25) is 14.9 Å². The number of hydrogen-bond acceptors (Lipinski definition) is 6. The van der Waals surface area contributed by atoms with Gasteiger partial charge < -0.3 is 4.98 Å². The van der Waals surface area contributed by atoms with Crippen LogP contribution in [0, 0.1) is 0 Å². The summed E-state index contributed by atoms with van der Waals surface area (Å²) in [4.78, 5) is 30.7. The molecule has 7 nitrogen and oxygen atoms in total. The Kier molecular flexibility index (Phi) is 4.19. The molecule has 0 unspecified atom stereocenters. The first kappa shape index (κ1) is 18.6. The van der Waals surface area contributed by atoms with E-state index in [-0.39, 0.29) is 5.78 Å². The molecule has 6 rings (SSSR count). The number of benzene rings is 1. The number of rotatable bonds is 4. The Morgan fingerprint density at radius 1 is 0.938 bits per heavy atom. The van der Waals surface area contributed by atoms with Crippen molar-refractivity contribution in [2.75, 3.05) is 0 Å². The number of carbonyl (C=O) groups excluding carboxylic acids is 1. The molecule has 154 valence electrons. The van der Waals surface area contributed by atoms with Gasteiger partial charge in [0.05, 0.1) is 27.1 Å². The number of ketones is 1. The molecular formula is C24H16N6OS. The van der Waals surface area contributed by atoms with Crippen LogP contribution < -0.4 is 0 Å². The highest BCUT2D eigenvalue weighted by Gasteiger charge is 2.17. The van der Waals surface area contributed by atoms with Crippen LogP contribution in [-0.4, -0.2) is 35.9 Å². The van der Waals surface area contributed by atoms with E-state index in [0.717, 1.165) is 48.6 Å². The second-order valence-corrected chi connectivity index (χ2v) is 8.50. The molecule has 1 aromatic carbocycles. The van der Waals surface area contributed by atoms with Gasteiger partial charge in [-0.1, -0.05) is 12.1 Å². The second kappa shape index (κ2) is 7.21. The number of Topliss-reactive ketones (excluding diaryl/α,β-unsaturated/α-hetero) is 1. The molecule has 0 aliphatic rings. The molecule has 0 atom stereocenters. The van der Waals surface area contributed by atoms with Gasteiger partial charge in [0.1, 0.15) is 5.52 Å². The van der Waals surface area contributed by atoms with Crippen LogP contribution in [0.2, 0.25) is 0 Å². The molecule has 0 fully saturated rings. The maximum absolute atomic E-state index is 11.7. The number of carbonyl (C=O) groups is 1. The first-order valence-electron chi connectivity index (χ1n) is 10.0. The monoisotopic (exact) mass is 436 g/mol. The third kappa shape index (κ3) is 3.00. The molecule has 32 heavy (non-hydrogen) atoms. The number of imidazole rings is 1. The van der Waals surface area contributed by atoms with Crippen LogP contribution in [0.25, 0.3) is 55.3 Å². The Labute approximate surface area is 186 Å². The topological polar surface area (TPSA) is 100 Å². The summed E-state index contributed by atoms with van der Waals surface area (Å²) in [6.45, 7) is 1.58. The van der Waals surface area contributed by atoms with Crippen molar-refractivity contribution < 1.29 is 4.79 Å². The lowest BCUT2D eigenvalue weighted by Gasteiger charge is -2.00. The van der Waals surface area contributed by atoms with E-state index in [1.807, 2.05) is 54.6 Å². The maximum Gasteiger partial charge on any atom is 0.169 e. The van der Waals surface area contributed by atoms with Gasteiger partial charge in [0, 0.05) is 28.4 Å². The fourth-order valence-corrected chi connectivity index (χ4v) is 4.68. The molecular weight excluding hydrogens is 420 g/mol. The maximum atomic E-state index is 11.7. The molecule has 5 heterocycles. The quantitative estimate of drug-likeness (QED) is 0.356. The van der Waals surface area contributed by atoms with E-state index >= 15 is 0 Å². The minimum atomic E-state index is 0.0645. The van der Waals surface area contributed by atoms with Crippen LogP contribution in [0.1, 0.15) is 16.6 Å². The molecule has 0 bridgehead atoms. The van der Waals surface area contributed by atoms with Gasteiger partial charge in [0.25, 0.3) is 0 Å². The van der Waals surface area contributed by atoms with Gasteiger partial charge in [0.2, 0.25) is 0 Å². The van der Waals surface area contributed by atoms with Gasteiger partial charge in [-0.25, -0.2) is 9.97 Å². The largest absolute Gasteiger partial charge is 0.336 e. The van der Waals surface area contributed by atoms with E-state index in [2.05, 4.69) is 20.2 Å². The standard InChI is InChI=1S/C24H16N6OS/c1-13(31)19-9-10-20(32-19)15-5-2-6-17-21(15)28-24(27-17)23-22-18(29-30-23)8-7-16(26-22)14-4-3-11-25-12-14/h2-12H,1H3,(H,27,28)(H,29,30). The summed E-state index contributed by atoms with van der Waals surface area (Å²) in [6.07, 6.45) is 3.53. The number of aromatic amines is 2. The molecule has 0 aliphatic heterocycles. The summed E-state index contributed by atoms with van der Waals surface area (Å²) < 4.78 is 0. The van der Waals surface area contributed by atoms with Crippen molar-refractivity contribution in [2.24, 2.45) is 0 Å². The fraction of sp³-hybridized carbons (Fsp3) is 0.0417. The number of aromatic nitrogens is 6. The highest BCUT2D eigenvalue weighted by atomic mass is 32.1. The van der Waals surface area contributed by atoms with Crippen LogP contribution in [0.3, 0.4) is 0 Å². The summed E-state index contributed by atoms with van der Waals surface area (Å²) in [5.74, 6) is 0.701. The van der Waals surface area contributed by atoms with Crippen molar-refractivity contribution in [3.8, 4) is 33.2 Å². The van der Waals surface area contributed by atoms with Gasteiger partial charge in [-0.2, -0.15) is 5.10 Å². The number of thiophene rings is 1. The first-order chi connectivity index (χ1) is 15.7. The van der Waals surface area contributed by atoms with E-state index in [1.54, 1.807) is 19.3 Å². The highest BCUT2D eigenvalue weighted by molar-refractivity contribution is 7.17. The fourth-order valence-electron chi connectivity index (χ4n) is 3.75. The number of para-hydroxylation sites is 1. The second-order valence-electron chi connectivity index (χ2n) is 7.41. The van der Waals surface area contributed by atoms with Gasteiger partial charge >= 0.3 is 0 Å². The van der Waals surface area contributed by atoms with E-state index < -0.39 is 0 Å². The smallest absolute Gasteiger partial charge is 0.169 e. The Balaban J connectivity index is 1.49. The van der Waals surface area contributed by atoms with Crippen molar-refractivity contribution in [3.05, 3.63) is 71.9 Å². The van der Waals surface area contributed by atoms with Crippen molar-refractivity contribution >= 4 is 39.2 Å². The van der Waals surface area contributed by atoms with Gasteiger partial charge in [-0.05, 0) is 49.4 Å². The Morgan fingerprint density at radius 2 is 1.88 bits per heavy atom. The van der Waals surface area contributed by atoms with Crippen LogP contribution in [0.4, 0.5) is 0 Å². The van der Waals surface area contributed by atoms with Crippen LogP contribution >= 0.6 is 11.3 Å². The average molecular weight is 437 g/mol. The zero-order valence-electron chi connectivity index (χ0n) is 17.0. The lowest BCUT2D eigenvalue weighted by atomic mass is 10.1. The third-order valence-corrected chi connectivity index (χ3v) is 6.54. The Morgan fingerprint density at radius 3 is 2.69 bits per heavy atom. The molecule has 2 N–H and O–H groups in total. The summed E-state index contributed by atoms with van der Waals surface area (Å²) in [5, 5.41) is 7.53. The number of hydrogen-bond donors (Lipinski definition) is 2. The molecule has 0 amide bonds. The SMILES string of the molecule is CC(=O)c1ccc(-c2cccc3[nH]c(-c4n[nH]c5ccc(-c6cccnc6)nc45)nc23)s1. The summed E-state index contributed by atoms with van der Waals surface area (Å²) in [5.41, 5.74) is 6.69. The molecule has 0 aliphatic carbocycles. The van der Waals surface area contributed by atoms with Crippen molar-refractivity contribution in [2.45, 2.75) is 6.92 Å². The number of fused-ring (bicyclic) bond motifs is 2.